The summed E-state index contributed by atoms with van der Waals surface area (Å²) >= 11 is 0. The lowest BCUT2D eigenvalue weighted by atomic mass is 10.1. The van der Waals surface area contributed by atoms with Crippen LogP contribution < -0.4 is 14.8 Å². The average molecular weight is 367 g/mol. The summed E-state index contributed by atoms with van der Waals surface area (Å²) in [6.07, 6.45) is 3.01. The number of carbonyl (C=O) groups is 1. The normalized spacial score (nSPS) is 13.9. The van der Waals surface area contributed by atoms with Crippen LogP contribution >= 0.6 is 0 Å². The Balaban J connectivity index is 1.53. The second-order valence-electron chi connectivity index (χ2n) is 6.22. The van der Waals surface area contributed by atoms with E-state index in [1.165, 1.54) is 24.7 Å². The Labute approximate surface area is 155 Å². The van der Waals surface area contributed by atoms with Crippen molar-refractivity contribution in [3.63, 3.8) is 0 Å². The standard InChI is InChI=1S/C20H18FN3O3/c1-13(14-2-7-18-19(10-14)27-9-8-26-18)23-20(25)17-11-22-12-24(17)16-5-3-15(21)4-6-16/h2-7,10-13H,8-9H2,1H3,(H,23,25)/t13-/m1/s1. The summed E-state index contributed by atoms with van der Waals surface area (Å²) in [5.74, 6) is 0.769. The predicted octanol–water partition coefficient (Wildman–Crippen LogP) is 3.27. The molecule has 0 radical (unpaired) electrons. The average Bonchev–Trinajstić information content (AvgIpc) is 3.18. The maximum atomic E-state index is 13.1. The van der Waals surface area contributed by atoms with Crippen molar-refractivity contribution in [1.29, 1.82) is 0 Å². The van der Waals surface area contributed by atoms with Gasteiger partial charge in [0.15, 0.2) is 11.5 Å². The van der Waals surface area contributed by atoms with E-state index in [-0.39, 0.29) is 17.8 Å². The summed E-state index contributed by atoms with van der Waals surface area (Å²) < 4.78 is 25.9. The van der Waals surface area contributed by atoms with Gasteiger partial charge >= 0.3 is 0 Å². The number of nitrogens with zero attached hydrogens (tertiary/aromatic N) is 2. The number of hydrogen-bond donors (Lipinski definition) is 1. The molecule has 1 amide bonds. The fourth-order valence-corrected chi connectivity index (χ4v) is 2.95. The maximum absolute atomic E-state index is 13.1. The van der Waals surface area contributed by atoms with Gasteiger partial charge in [0.05, 0.1) is 18.6 Å². The number of aromatic nitrogens is 2. The molecular formula is C20H18FN3O3. The van der Waals surface area contributed by atoms with Crippen LogP contribution in [0.1, 0.15) is 29.0 Å². The van der Waals surface area contributed by atoms with Crippen molar-refractivity contribution >= 4 is 5.91 Å². The predicted molar refractivity (Wildman–Crippen MR) is 96.8 cm³/mol. The second kappa shape index (κ2) is 7.11. The third-order valence-corrected chi connectivity index (χ3v) is 4.39. The van der Waals surface area contributed by atoms with Crippen molar-refractivity contribution in [3.8, 4) is 17.2 Å². The highest BCUT2D eigenvalue weighted by Crippen LogP contribution is 2.32. The van der Waals surface area contributed by atoms with Crippen LogP contribution in [-0.4, -0.2) is 28.7 Å². The lowest BCUT2D eigenvalue weighted by Crippen LogP contribution is -2.28. The van der Waals surface area contributed by atoms with E-state index >= 15 is 0 Å². The van der Waals surface area contributed by atoms with Gasteiger partial charge in [-0.3, -0.25) is 9.36 Å². The minimum Gasteiger partial charge on any atom is -0.486 e. The Morgan fingerprint density at radius 1 is 1.15 bits per heavy atom. The summed E-state index contributed by atoms with van der Waals surface area (Å²) in [5, 5.41) is 2.96. The molecule has 3 aromatic rings. The smallest absolute Gasteiger partial charge is 0.270 e. The molecule has 1 aromatic heterocycles. The molecule has 27 heavy (non-hydrogen) atoms. The first-order chi connectivity index (χ1) is 13.1. The second-order valence-corrected chi connectivity index (χ2v) is 6.22. The molecule has 1 N–H and O–H groups in total. The molecule has 1 aliphatic rings. The van der Waals surface area contributed by atoms with Gasteiger partial charge in [-0.25, -0.2) is 9.37 Å². The first-order valence-corrected chi connectivity index (χ1v) is 8.60. The van der Waals surface area contributed by atoms with Crippen LogP contribution in [0.15, 0.2) is 55.0 Å². The minimum absolute atomic E-state index is 0.245. The van der Waals surface area contributed by atoms with Crippen molar-refractivity contribution in [3.05, 3.63) is 72.1 Å². The number of rotatable bonds is 4. The van der Waals surface area contributed by atoms with E-state index in [9.17, 15) is 9.18 Å². The molecule has 0 aliphatic carbocycles. The van der Waals surface area contributed by atoms with E-state index in [2.05, 4.69) is 10.3 Å². The summed E-state index contributed by atoms with van der Waals surface area (Å²) in [6, 6.07) is 11.2. The number of carbonyl (C=O) groups excluding carboxylic acids is 1. The Bertz CT molecular complexity index is 969. The number of benzene rings is 2. The minimum atomic E-state index is -0.336. The molecule has 0 saturated carbocycles. The van der Waals surface area contributed by atoms with E-state index in [1.54, 1.807) is 16.7 Å². The fraction of sp³-hybridized carbons (Fsp3) is 0.200. The number of hydrogen-bond acceptors (Lipinski definition) is 4. The van der Waals surface area contributed by atoms with Crippen LogP contribution in [0.25, 0.3) is 5.69 Å². The van der Waals surface area contributed by atoms with Gasteiger partial charge in [-0.2, -0.15) is 0 Å². The zero-order valence-corrected chi connectivity index (χ0v) is 14.7. The number of imidazole rings is 1. The quantitative estimate of drug-likeness (QED) is 0.769. The van der Waals surface area contributed by atoms with Gasteiger partial charge in [-0.15, -0.1) is 0 Å². The summed E-state index contributed by atoms with van der Waals surface area (Å²) in [6.45, 7) is 2.93. The van der Waals surface area contributed by atoms with Crippen LogP contribution in [0.3, 0.4) is 0 Å². The monoisotopic (exact) mass is 367 g/mol. The first-order valence-electron chi connectivity index (χ1n) is 8.60. The van der Waals surface area contributed by atoms with Gasteiger partial charge in [0, 0.05) is 5.69 Å². The lowest BCUT2D eigenvalue weighted by Gasteiger charge is -2.21. The van der Waals surface area contributed by atoms with E-state index in [1.807, 2.05) is 25.1 Å². The summed E-state index contributed by atoms with van der Waals surface area (Å²) in [4.78, 5) is 16.8. The Kier molecular flexibility index (Phi) is 4.50. The molecular weight excluding hydrogens is 349 g/mol. The molecule has 2 heterocycles. The van der Waals surface area contributed by atoms with Crippen LogP contribution in [0, 0.1) is 5.82 Å². The molecule has 7 heteroatoms. The molecule has 138 valence electrons. The molecule has 0 fully saturated rings. The third-order valence-electron chi connectivity index (χ3n) is 4.39. The number of nitrogens with one attached hydrogen (secondary N) is 1. The number of amides is 1. The molecule has 0 saturated heterocycles. The Morgan fingerprint density at radius 3 is 2.67 bits per heavy atom. The largest absolute Gasteiger partial charge is 0.486 e. The highest BCUT2D eigenvalue weighted by molar-refractivity contribution is 5.93. The van der Waals surface area contributed by atoms with E-state index in [4.69, 9.17) is 9.47 Å². The SMILES string of the molecule is C[C@@H](NC(=O)c1cncn1-c1ccc(F)cc1)c1ccc2c(c1)OCCO2. The zero-order chi connectivity index (χ0) is 18.8. The molecule has 2 aromatic carbocycles. The van der Waals surface area contributed by atoms with Gasteiger partial charge in [0.2, 0.25) is 0 Å². The van der Waals surface area contributed by atoms with Crippen molar-refractivity contribution < 1.29 is 18.7 Å². The molecule has 1 aliphatic heterocycles. The Morgan fingerprint density at radius 2 is 1.89 bits per heavy atom. The van der Waals surface area contributed by atoms with Crippen molar-refractivity contribution in [1.82, 2.24) is 14.9 Å². The van der Waals surface area contributed by atoms with E-state index in [0.717, 1.165) is 5.56 Å². The molecule has 0 bridgehead atoms. The van der Waals surface area contributed by atoms with Gasteiger partial charge in [-0.05, 0) is 48.9 Å². The van der Waals surface area contributed by atoms with Crippen LogP contribution in [-0.2, 0) is 0 Å². The molecule has 4 rings (SSSR count). The highest BCUT2D eigenvalue weighted by Gasteiger charge is 2.19. The van der Waals surface area contributed by atoms with E-state index in [0.29, 0.717) is 36.1 Å². The van der Waals surface area contributed by atoms with Crippen LogP contribution in [0.4, 0.5) is 4.39 Å². The number of halogens is 1. The molecule has 6 nitrogen and oxygen atoms in total. The topological polar surface area (TPSA) is 65.4 Å². The fourth-order valence-electron chi connectivity index (χ4n) is 2.95. The molecule has 0 spiro atoms. The summed E-state index contributed by atoms with van der Waals surface area (Å²) in [5.41, 5.74) is 1.93. The first kappa shape index (κ1) is 17.1. The van der Waals surface area contributed by atoms with Gasteiger partial charge in [0.1, 0.15) is 24.7 Å². The van der Waals surface area contributed by atoms with E-state index < -0.39 is 0 Å². The summed E-state index contributed by atoms with van der Waals surface area (Å²) in [7, 11) is 0. The number of fused-ring (bicyclic) bond motifs is 1. The molecule has 1 atom stereocenters. The van der Waals surface area contributed by atoms with Crippen LogP contribution in [0.5, 0.6) is 11.5 Å². The zero-order valence-electron chi connectivity index (χ0n) is 14.7. The van der Waals surface area contributed by atoms with Gasteiger partial charge in [0.25, 0.3) is 5.91 Å². The van der Waals surface area contributed by atoms with Crippen molar-refractivity contribution in [2.75, 3.05) is 13.2 Å². The lowest BCUT2D eigenvalue weighted by molar-refractivity contribution is 0.0933. The van der Waals surface area contributed by atoms with Crippen LogP contribution in [0.2, 0.25) is 0 Å². The van der Waals surface area contributed by atoms with Gasteiger partial charge in [-0.1, -0.05) is 6.07 Å². The Hall–Kier alpha value is -3.35. The van der Waals surface area contributed by atoms with Crippen molar-refractivity contribution in [2.24, 2.45) is 0 Å². The maximum Gasteiger partial charge on any atom is 0.270 e. The number of ether oxygens (including phenoxy) is 2. The molecule has 0 unspecified atom stereocenters. The van der Waals surface area contributed by atoms with Gasteiger partial charge < -0.3 is 14.8 Å². The highest BCUT2D eigenvalue weighted by atomic mass is 19.1. The third kappa shape index (κ3) is 3.48. The van der Waals surface area contributed by atoms with Crippen molar-refractivity contribution in [2.45, 2.75) is 13.0 Å².